The molecule has 5 heteroatoms. The summed E-state index contributed by atoms with van der Waals surface area (Å²) in [5.41, 5.74) is 3.95. The van der Waals surface area contributed by atoms with Crippen molar-refractivity contribution in [2.45, 2.75) is 57.7 Å². The first kappa shape index (κ1) is 19.5. The van der Waals surface area contributed by atoms with E-state index in [1.807, 2.05) is 12.1 Å². The molecule has 2 aromatic carbocycles. The highest BCUT2D eigenvalue weighted by atomic mass is 32.2. The maximum atomic E-state index is 5.93. The molecule has 142 valence electrons. The van der Waals surface area contributed by atoms with Gasteiger partial charge in [-0.3, -0.25) is 0 Å². The van der Waals surface area contributed by atoms with Crippen LogP contribution in [-0.2, 0) is 18.9 Å². The molecule has 0 bridgehead atoms. The van der Waals surface area contributed by atoms with Gasteiger partial charge in [-0.15, -0.1) is 10.2 Å². The lowest BCUT2D eigenvalue weighted by Crippen LogP contribution is -2.07. The first-order valence-electron chi connectivity index (χ1n) is 9.40. The van der Waals surface area contributed by atoms with E-state index in [0.717, 1.165) is 29.0 Å². The van der Waals surface area contributed by atoms with Crippen LogP contribution in [0.5, 0.6) is 5.75 Å². The predicted molar refractivity (Wildman–Crippen MR) is 111 cm³/mol. The number of aromatic nitrogens is 3. The largest absolute Gasteiger partial charge is 0.486 e. The number of hydrogen-bond acceptors (Lipinski definition) is 4. The van der Waals surface area contributed by atoms with Crippen molar-refractivity contribution < 1.29 is 4.74 Å². The van der Waals surface area contributed by atoms with E-state index in [0.29, 0.717) is 12.5 Å². The Balaban J connectivity index is 1.64. The number of benzene rings is 2. The minimum atomic E-state index is 0.423. The van der Waals surface area contributed by atoms with Gasteiger partial charge in [-0.2, -0.15) is 0 Å². The van der Waals surface area contributed by atoms with Crippen LogP contribution >= 0.6 is 11.8 Å². The van der Waals surface area contributed by atoms with Gasteiger partial charge in [0.25, 0.3) is 0 Å². The third-order valence-corrected chi connectivity index (χ3v) is 5.66. The second kappa shape index (κ2) is 9.09. The van der Waals surface area contributed by atoms with Crippen LogP contribution in [0.4, 0.5) is 0 Å². The molecular formula is C22H27N3OS. The molecule has 1 aromatic heterocycles. The van der Waals surface area contributed by atoms with Crippen LogP contribution in [-0.4, -0.2) is 14.8 Å². The molecule has 0 spiro atoms. The monoisotopic (exact) mass is 381 g/mol. The molecular weight excluding hydrogens is 354 g/mol. The number of ether oxygens (including phenoxy) is 1. The molecule has 3 rings (SSSR count). The SMILES string of the molecule is CCn1c(COc2ccc(C(C)C)cc2)nnc1SCc1ccccc1C. The fourth-order valence-electron chi connectivity index (χ4n) is 2.86. The van der Waals surface area contributed by atoms with Crippen molar-refractivity contribution in [2.75, 3.05) is 0 Å². The maximum absolute atomic E-state index is 5.93. The summed E-state index contributed by atoms with van der Waals surface area (Å²) in [6, 6.07) is 16.7. The molecule has 0 saturated heterocycles. The second-order valence-electron chi connectivity index (χ2n) is 6.87. The van der Waals surface area contributed by atoms with E-state index in [1.54, 1.807) is 11.8 Å². The Morgan fingerprint density at radius 2 is 1.78 bits per heavy atom. The first-order valence-corrected chi connectivity index (χ1v) is 10.4. The molecule has 0 radical (unpaired) electrons. The molecule has 0 saturated carbocycles. The minimum Gasteiger partial charge on any atom is -0.486 e. The van der Waals surface area contributed by atoms with Gasteiger partial charge in [0, 0.05) is 12.3 Å². The lowest BCUT2D eigenvalue weighted by Gasteiger charge is -2.10. The second-order valence-corrected chi connectivity index (χ2v) is 7.81. The third kappa shape index (κ3) is 4.92. The lowest BCUT2D eigenvalue weighted by atomic mass is 10.0. The highest BCUT2D eigenvalue weighted by Gasteiger charge is 2.12. The van der Waals surface area contributed by atoms with Gasteiger partial charge in [-0.25, -0.2) is 0 Å². The summed E-state index contributed by atoms with van der Waals surface area (Å²) >= 11 is 1.72. The van der Waals surface area contributed by atoms with E-state index in [2.05, 4.69) is 78.9 Å². The summed E-state index contributed by atoms with van der Waals surface area (Å²) in [6.45, 7) is 9.89. The van der Waals surface area contributed by atoms with Crippen LogP contribution in [0.3, 0.4) is 0 Å². The Morgan fingerprint density at radius 3 is 2.44 bits per heavy atom. The van der Waals surface area contributed by atoms with Gasteiger partial charge in [-0.05, 0) is 48.6 Å². The molecule has 0 unspecified atom stereocenters. The summed E-state index contributed by atoms with van der Waals surface area (Å²) in [7, 11) is 0. The Bertz CT molecular complexity index is 872. The van der Waals surface area contributed by atoms with Crippen molar-refractivity contribution in [2.24, 2.45) is 0 Å². The Kier molecular flexibility index (Phi) is 6.56. The molecule has 0 fully saturated rings. The Hall–Kier alpha value is -2.27. The van der Waals surface area contributed by atoms with E-state index in [1.165, 1.54) is 16.7 Å². The molecule has 0 amide bonds. The number of hydrogen-bond donors (Lipinski definition) is 0. The molecule has 0 atom stereocenters. The van der Waals surface area contributed by atoms with Crippen LogP contribution in [0.2, 0.25) is 0 Å². The fourth-order valence-corrected chi connectivity index (χ4v) is 3.96. The van der Waals surface area contributed by atoms with E-state index < -0.39 is 0 Å². The standard InChI is InChI=1S/C22H27N3OS/c1-5-25-21(14-26-20-12-10-18(11-13-20)16(2)3)23-24-22(25)27-15-19-9-7-6-8-17(19)4/h6-13,16H,5,14-15H2,1-4H3. The average molecular weight is 382 g/mol. The first-order chi connectivity index (χ1) is 13.1. The van der Waals surface area contributed by atoms with Crippen molar-refractivity contribution in [1.29, 1.82) is 0 Å². The number of nitrogens with zero attached hydrogens (tertiary/aromatic N) is 3. The van der Waals surface area contributed by atoms with Gasteiger partial charge >= 0.3 is 0 Å². The van der Waals surface area contributed by atoms with Gasteiger partial charge in [0.2, 0.25) is 0 Å². The van der Waals surface area contributed by atoms with Crippen LogP contribution in [0, 0.1) is 6.92 Å². The zero-order valence-electron chi connectivity index (χ0n) is 16.5. The average Bonchev–Trinajstić information content (AvgIpc) is 3.08. The number of aryl methyl sites for hydroxylation is 1. The van der Waals surface area contributed by atoms with Gasteiger partial charge < -0.3 is 9.30 Å². The molecule has 3 aromatic rings. The van der Waals surface area contributed by atoms with Gasteiger partial charge in [0.15, 0.2) is 11.0 Å². The minimum absolute atomic E-state index is 0.423. The topological polar surface area (TPSA) is 39.9 Å². The molecule has 27 heavy (non-hydrogen) atoms. The quantitative estimate of drug-likeness (QED) is 0.476. The van der Waals surface area contributed by atoms with Gasteiger partial charge in [0.1, 0.15) is 12.4 Å². The van der Waals surface area contributed by atoms with Crippen LogP contribution in [0.1, 0.15) is 49.2 Å². The third-order valence-electron chi connectivity index (χ3n) is 4.64. The van der Waals surface area contributed by atoms with Crippen molar-refractivity contribution in [3.63, 3.8) is 0 Å². The smallest absolute Gasteiger partial charge is 0.191 e. The Labute approximate surface area is 166 Å². The molecule has 0 aliphatic carbocycles. The van der Waals surface area contributed by atoms with Crippen LogP contribution in [0.15, 0.2) is 53.7 Å². The zero-order chi connectivity index (χ0) is 19.2. The fraction of sp³-hybridized carbons (Fsp3) is 0.364. The predicted octanol–water partition coefficient (Wildman–Crippen LogP) is 5.60. The summed E-state index contributed by atoms with van der Waals surface area (Å²) in [5, 5.41) is 9.67. The van der Waals surface area contributed by atoms with E-state index in [9.17, 15) is 0 Å². The van der Waals surface area contributed by atoms with Gasteiger partial charge in [-0.1, -0.05) is 62.0 Å². The highest BCUT2D eigenvalue weighted by molar-refractivity contribution is 7.98. The van der Waals surface area contributed by atoms with Crippen molar-refractivity contribution in [1.82, 2.24) is 14.8 Å². The van der Waals surface area contributed by atoms with E-state index in [4.69, 9.17) is 4.74 Å². The normalized spacial score (nSPS) is 11.1. The molecule has 0 aliphatic rings. The summed E-state index contributed by atoms with van der Waals surface area (Å²) in [6.07, 6.45) is 0. The van der Waals surface area contributed by atoms with Gasteiger partial charge in [0.05, 0.1) is 0 Å². The van der Waals surface area contributed by atoms with Crippen LogP contribution in [0.25, 0.3) is 0 Å². The van der Waals surface area contributed by atoms with Crippen LogP contribution < -0.4 is 4.74 Å². The Morgan fingerprint density at radius 1 is 1.04 bits per heavy atom. The lowest BCUT2D eigenvalue weighted by molar-refractivity contribution is 0.288. The molecule has 1 heterocycles. The van der Waals surface area contributed by atoms with Crippen molar-refractivity contribution >= 4 is 11.8 Å². The zero-order valence-corrected chi connectivity index (χ0v) is 17.3. The molecule has 0 N–H and O–H groups in total. The summed E-state index contributed by atoms with van der Waals surface area (Å²) in [4.78, 5) is 0. The molecule has 4 nitrogen and oxygen atoms in total. The van der Waals surface area contributed by atoms with E-state index in [-0.39, 0.29) is 0 Å². The summed E-state index contributed by atoms with van der Waals surface area (Å²) in [5.74, 6) is 3.13. The van der Waals surface area contributed by atoms with E-state index >= 15 is 0 Å². The summed E-state index contributed by atoms with van der Waals surface area (Å²) < 4.78 is 8.06. The van der Waals surface area contributed by atoms with Crippen molar-refractivity contribution in [3.05, 3.63) is 71.0 Å². The number of rotatable bonds is 8. The highest BCUT2D eigenvalue weighted by Crippen LogP contribution is 2.24. The maximum Gasteiger partial charge on any atom is 0.191 e. The molecule has 0 aliphatic heterocycles. The van der Waals surface area contributed by atoms with Crippen molar-refractivity contribution in [3.8, 4) is 5.75 Å². The number of thioether (sulfide) groups is 1.